The van der Waals surface area contributed by atoms with Gasteiger partial charge in [-0.15, -0.1) is 0 Å². The van der Waals surface area contributed by atoms with Crippen molar-refractivity contribution in [2.24, 2.45) is 34.0 Å². The lowest BCUT2D eigenvalue weighted by molar-refractivity contribution is -0.256. The van der Waals surface area contributed by atoms with Crippen molar-refractivity contribution in [3.63, 3.8) is 0 Å². The summed E-state index contributed by atoms with van der Waals surface area (Å²) in [5.74, 6) is 1.83. The molecule has 212 valence electrons. The molecule has 2 N–H and O–H groups in total. The minimum absolute atomic E-state index is 0.00199. The van der Waals surface area contributed by atoms with E-state index in [9.17, 15) is 15.0 Å². The molecule has 4 fully saturated rings. The summed E-state index contributed by atoms with van der Waals surface area (Å²) in [4.78, 5) is 13.0. The molecular weight excluding hydrogens is 492 g/mol. The third kappa shape index (κ3) is 4.06. The van der Waals surface area contributed by atoms with Gasteiger partial charge in [0.25, 0.3) is 0 Å². The first-order valence-corrected chi connectivity index (χ1v) is 17.8. The number of benzene rings is 1. The van der Waals surface area contributed by atoms with Crippen LogP contribution in [0.25, 0.3) is 0 Å². The Balaban J connectivity index is 1.49. The maximum Gasteiger partial charge on any atom is 0.312 e. The fraction of sp³-hybridized carbons (Fsp3) is 0.781. The summed E-state index contributed by atoms with van der Waals surface area (Å²) in [5, 5.41) is 22.9. The van der Waals surface area contributed by atoms with Gasteiger partial charge in [0, 0.05) is 5.41 Å². The van der Waals surface area contributed by atoms with Gasteiger partial charge in [-0.2, -0.15) is 0 Å². The quantitative estimate of drug-likeness (QED) is 0.310. The molecule has 1 aliphatic heterocycles. The molecule has 5 rings (SSSR count). The third-order valence-electron chi connectivity index (χ3n) is 12.3. The Hall–Kier alpha value is -1.53. The summed E-state index contributed by atoms with van der Waals surface area (Å²) in [7, 11) is -2.03. The molecule has 0 unspecified atom stereocenters. The van der Waals surface area contributed by atoms with Crippen molar-refractivity contribution in [3.8, 4) is 11.5 Å². The molecular formula is C32H50O5Si. The van der Waals surface area contributed by atoms with Gasteiger partial charge in [-0.1, -0.05) is 34.1 Å². The molecule has 0 spiro atoms. The van der Waals surface area contributed by atoms with Crippen LogP contribution in [0.1, 0.15) is 92.1 Å². The van der Waals surface area contributed by atoms with Crippen molar-refractivity contribution in [1.29, 1.82) is 0 Å². The molecule has 4 aliphatic rings. The Labute approximate surface area is 230 Å². The van der Waals surface area contributed by atoms with Crippen molar-refractivity contribution in [2.75, 3.05) is 6.61 Å². The van der Waals surface area contributed by atoms with Crippen LogP contribution in [0.3, 0.4) is 0 Å². The number of cyclic esters (lactones) is 1. The van der Waals surface area contributed by atoms with Crippen LogP contribution in [0, 0.1) is 34.0 Å². The first-order chi connectivity index (χ1) is 17.5. The molecule has 1 aromatic rings. The third-order valence-corrected chi connectivity index (χ3v) is 16.7. The van der Waals surface area contributed by atoms with Crippen molar-refractivity contribution in [2.45, 2.75) is 117 Å². The zero-order valence-corrected chi connectivity index (χ0v) is 25.9. The number of aromatic hydroxyl groups is 1. The summed E-state index contributed by atoms with van der Waals surface area (Å²) in [5.41, 5.74) is -0.459. The van der Waals surface area contributed by atoms with E-state index >= 15 is 0 Å². The molecule has 3 saturated carbocycles. The van der Waals surface area contributed by atoms with E-state index in [1.54, 1.807) is 6.07 Å². The van der Waals surface area contributed by atoms with E-state index in [1.807, 2.05) is 19.1 Å². The molecule has 0 amide bonds. The first kappa shape index (κ1) is 28.0. The maximum absolute atomic E-state index is 13.0. The molecule has 1 heterocycles. The van der Waals surface area contributed by atoms with Gasteiger partial charge in [0.2, 0.25) is 8.32 Å². The van der Waals surface area contributed by atoms with Gasteiger partial charge in [0.05, 0.1) is 17.6 Å². The SMILES string of the molecule is CC(C)(C)[Si](C)(C)Oc1ccc(O)c(C[C@H]2[C@]3(C)CC[C@@H]4[C@]5(CCC[C@]4(C)C(=O)OC5)[C@H]3CC[C@]2(C)O)c1. The van der Waals surface area contributed by atoms with E-state index in [-0.39, 0.29) is 38.9 Å². The molecule has 3 aliphatic carbocycles. The number of phenols is 1. The number of carbonyl (C=O) groups is 1. The number of hydrogen-bond acceptors (Lipinski definition) is 5. The van der Waals surface area contributed by atoms with Gasteiger partial charge in [-0.3, -0.25) is 4.79 Å². The minimum atomic E-state index is -2.03. The smallest absolute Gasteiger partial charge is 0.312 e. The summed E-state index contributed by atoms with van der Waals surface area (Å²) in [6.45, 7) is 18.2. The second-order valence-electron chi connectivity index (χ2n) is 15.5. The van der Waals surface area contributed by atoms with Crippen molar-refractivity contribution in [3.05, 3.63) is 23.8 Å². The summed E-state index contributed by atoms with van der Waals surface area (Å²) in [6.07, 6.45) is 7.42. The lowest BCUT2D eigenvalue weighted by Crippen LogP contribution is -2.68. The first-order valence-electron chi connectivity index (χ1n) is 14.9. The Morgan fingerprint density at radius 3 is 2.42 bits per heavy atom. The van der Waals surface area contributed by atoms with Crippen molar-refractivity contribution in [1.82, 2.24) is 0 Å². The van der Waals surface area contributed by atoms with E-state index in [1.165, 1.54) is 0 Å². The number of carbonyl (C=O) groups excluding carboxylic acids is 1. The molecule has 38 heavy (non-hydrogen) atoms. The number of esters is 1. The van der Waals surface area contributed by atoms with Crippen LogP contribution >= 0.6 is 0 Å². The lowest BCUT2D eigenvalue weighted by Gasteiger charge is -2.69. The molecule has 7 atom stereocenters. The molecule has 1 aromatic carbocycles. The standard InChI is InChI=1S/C32H50O5Si/c1-28(2,3)38(7,8)37-22-10-11-23(33)21(18-22)19-26-29(4)16-12-25-30(5)14-9-15-32(25,20-36-27(30)34)24(29)13-17-31(26,6)35/h10-11,18,24-26,33,35H,9,12-17,19-20H2,1-8H3/t24-,25-,26-,29+,30-,31-,32-/m0/s1. The molecule has 0 aromatic heterocycles. The van der Waals surface area contributed by atoms with Crippen LogP contribution in [0.15, 0.2) is 18.2 Å². The predicted molar refractivity (Wildman–Crippen MR) is 153 cm³/mol. The number of fused-ring (bicyclic) bond motifs is 1. The number of rotatable bonds is 4. The monoisotopic (exact) mass is 542 g/mol. The number of phenolic OH excluding ortho intramolecular Hbond substituents is 1. The van der Waals surface area contributed by atoms with Crippen molar-refractivity contribution >= 4 is 14.3 Å². The van der Waals surface area contributed by atoms with Gasteiger partial charge in [-0.25, -0.2) is 0 Å². The summed E-state index contributed by atoms with van der Waals surface area (Å²) >= 11 is 0. The van der Waals surface area contributed by atoms with E-state index in [0.29, 0.717) is 24.9 Å². The van der Waals surface area contributed by atoms with Crippen LogP contribution < -0.4 is 4.43 Å². The average molecular weight is 543 g/mol. The average Bonchev–Trinajstić information content (AvgIpc) is 2.79. The zero-order chi connectivity index (χ0) is 27.9. The number of ether oxygens (including phenoxy) is 1. The second kappa shape index (κ2) is 8.73. The molecule has 0 radical (unpaired) electrons. The van der Waals surface area contributed by atoms with E-state index in [0.717, 1.165) is 56.3 Å². The van der Waals surface area contributed by atoms with Crippen LogP contribution in [-0.2, 0) is 16.0 Å². The number of hydrogen-bond donors (Lipinski definition) is 2. The highest BCUT2D eigenvalue weighted by molar-refractivity contribution is 6.74. The fourth-order valence-electron chi connectivity index (χ4n) is 9.22. The maximum atomic E-state index is 13.0. The molecule has 2 bridgehead atoms. The van der Waals surface area contributed by atoms with E-state index in [4.69, 9.17) is 9.16 Å². The molecule has 1 saturated heterocycles. The van der Waals surface area contributed by atoms with Gasteiger partial charge in [0.1, 0.15) is 11.5 Å². The highest BCUT2D eigenvalue weighted by atomic mass is 28.4. The van der Waals surface area contributed by atoms with Gasteiger partial charge in [0.15, 0.2) is 0 Å². The Morgan fingerprint density at radius 2 is 1.74 bits per heavy atom. The Kier molecular flexibility index (Phi) is 6.44. The summed E-state index contributed by atoms with van der Waals surface area (Å²) < 4.78 is 12.6. The van der Waals surface area contributed by atoms with Crippen LogP contribution in [0.5, 0.6) is 11.5 Å². The van der Waals surface area contributed by atoms with Gasteiger partial charge in [-0.05, 0) is 124 Å². The highest BCUT2D eigenvalue weighted by Gasteiger charge is 2.69. The fourth-order valence-corrected chi connectivity index (χ4v) is 10.2. The van der Waals surface area contributed by atoms with Gasteiger partial charge < -0.3 is 19.4 Å². The van der Waals surface area contributed by atoms with Gasteiger partial charge >= 0.3 is 5.97 Å². The normalized spacial score (nSPS) is 41.1. The Morgan fingerprint density at radius 1 is 1.05 bits per heavy atom. The summed E-state index contributed by atoms with van der Waals surface area (Å²) in [6, 6.07) is 5.66. The van der Waals surface area contributed by atoms with Crippen LogP contribution in [-0.4, -0.2) is 36.7 Å². The largest absolute Gasteiger partial charge is 0.543 e. The zero-order valence-electron chi connectivity index (χ0n) is 24.9. The van der Waals surface area contributed by atoms with E-state index in [2.05, 4.69) is 47.7 Å². The number of aliphatic hydroxyl groups is 1. The van der Waals surface area contributed by atoms with Crippen LogP contribution in [0.4, 0.5) is 0 Å². The highest BCUT2D eigenvalue weighted by Crippen LogP contribution is 2.71. The predicted octanol–water partition coefficient (Wildman–Crippen LogP) is 7.25. The minimum Gasteiger partial charge on any atom is -0.543 e. The van der Waals surface area contributed by atoms with E-state index < -0.39 is 13.9 Å². The molecule has 6 heteroatoms. The lowest BCUT2D eigenvalue weighted by atomic mass is 9.37. The van der Waals surface area contributed by atoms with Crippen LogP contribution in [0.2, 0.25) is 18.1 Å². The topological polar surface area (TPSA) is 76.0 Å². The second-order valence-corrected chi connectivity index (χ2v) is 20.3. The Bertz CT molecular complexity index is 1110. The molecule has 5 nitrogen and oxygen atoms in total. The van der Waals surface area contributed by atoms with Crippen molar-refractivity contribution < 1.29 is 24.2 Å².